The number of aromatic nitrogens is 1. The van der Waals surface area contributed by atoms with Crippen molar-refractivity contribution in [1.82, 2.24) is 15.2 Å². The van der Waals surface area contributed by atoms with Gasteiger partial charge in [0.05, 0.1) is 29.5 Å². The molecule has 0 amide bonds. The van der Waals surface area contributed by atoms with E-state index in [-0.39, 0.29) is 23.2 Å². The molecule has 0 aliphatic carbocycles. The van der Waals surface area contributed by atoms with Gasteiger partial charge in [0.15, 0.2) is 5.11 Å². The Balaban J connectivity index is 1.75. The molecule has 2 aromatic heterocycles. The number of thiocarbonyl (C=S) groups is 1. The number of nitrogens with one attached hydrogen (secondary N) is 1. The highest BCUT2D eigenvalue weighted by Crippen LogP contribution is 2.40. The van der Waals surface area contributed by atoms with Crippen LogP contribution >= 0.6 is 12.2 Å². The first-order valence-corrected chi connectivity index (χ1v) is 10.5. The summed E-state index contributed by atoms with van der Waals surface area (Å²) in [6, 6.07) is 12.3. The van der Waals surface area contributed by atoms with Gasteiger partial charge < -0.3 is 29.6 Å². The summed E-state index contributed by atoms with van der Waals surface area (Å²) in [5.74, 6) is -1.53. The van der Waals surface area contributed by atoms with Crippen LogP contribution in [0.5, 0.6) is 0 Å². The minimum absolute atomic E-state index is 0.139. The van der Waals surface area contributed by atoms with Crippen molar-refractivity contribution in [2.75, 3.05) is 20.3 Å². The first kappa shape index (κ1) is 22.4. The van der Waals surface area contributed by atoms with Crippen LogP contribution in [0, 0.1) is 0 Å². The number of aromatic carboxylic acids is 2. The lowest BCUT2D eigenvalue weighted by Gasteiger charge is -2.25. The van der Waals surface area contributed by atoms with E-state index in [1.165, 1.54) is 12.1 Å². The first-order chi connectivity index (χ1) is 15.9. The van der Waals surface area contributed by atoms with Gasteiger partial charge in [0.25, 0.3) is 0 Å². The Morgan fingerprint density at radius 2 is 1.88 bits per heavy atom. The SMILES string of the molecule is COCCN1C(=S)N[C@H](c2ccccn2)[C@@H]1c1ccc(-c2cc(C(=O)O)cc(C(=O)O)c2)o1. The highest BCUT2D eigenvalue weighted by Gasteiger charge is 2.41. The zero-order valence-electron chi connectivity index (χ0n) is 17.6. The van der Waals surface area contributed by atoms with E-state index in [4.69, 9.17) is 21.4 Å². The molecule has 0 bridgehead atoms. The van der Waals surface area contributed by atoms with Gasteiger partial charge in [0.1, 0.15) is 17.6 Å². The molecule has 4 rings (SSSR count). The van der Waals surface area contributed by atoms with Crippen molar-refractivity contribution in [3.8, 4) is 11.3 Å². The summed E-state index contributed by atoms with van der Waals surface area (Å²) in [4.78, 5) is 29.4. The maximum Gasteiger partial charge on any atom is 0.335 e. The zero-order valence-corrected chi connectivity index (χ0v) is 18.4. The number of rotatable bonds is 8. The van der Waals surface area contributed by atoms with Gasteiger partial charge in [0.2, 0.25) is 0 Å². The van der Waals surface area contributed by atoms with Crippen molar-refractivity contribution in [3.63, 3.8) is 0 Å². The maximum absolute atomic E-state index is 11.5. The number of pyridine rings is 1. The number of carboxylic acids is 2. The normalized spacial score (nSPS) is 17.7. The fourth-order valence-electron chi connectivity index (χ4n) is 3.83. The van der Waals surface area contributed by atoms with Crippen LogP contribution in [-0.2, 0) is 4.74 Å². The molecule has 3 heterocycles. The molecular weight excluding hydrogens is 446 g/mol. The van der Waals surface area contributed by atoms with Gasteiger partial charge in [-0.05, 0) is 54.7 Å². The van der Waals surface area contributed by atoms with Gasteiger partial charge in [-0.3, -0.25) is 4.98 Å². The molecule has 170 valence electrons. The molecule has 3 aromatic rings. The summed E-state index contributed by atoms with van der Waals surface area (Å²) < 4.78 is 11.4. The Bertz CT molecular complexity index is 1160. The number of furan rings is 1. The Labute approximate surface area is 194 Å². The van der Waals surface area contributed by atoms with Crippen LogP contribution in [0.15, 0.2) is 59.1 Å². The van der Waals surface area contributed by atoms with Crippen LogP contribution in [0.2, 0.25) is 0 Å². The average Bonchev–Trinajstić information content (AvgIpc) is 3.42. The minimum atomic E-state index is -1.22. The molecular formula is C23H21N3O6S. The van der Waals surface area contributed by atoms with Gasteiger partial charge in [-0.2, -0.15) is 0 Å². The van der Waals surface area contributed by atoms with Gasteiger partial charge in [-0.1, -0.05) is 6.07 Å². The second-order valence-electron chi connectivity index (χ2n) is 7.42. The number of carboxylic acid groups (broad SMARTS) is 2. The molecule has 0 spiro atoms. The minimum Gasteiger partial charge on any atom is -0.478 e. The van der Waals surface area contributed by atoms with Crippen molar-refractivity contribution in [2.45, 2.75) is 12.1 Å². The second-order valence-corrected chi connectivity index (χ2v) is 7.81. The molecule has 0 unspecified atom stereocenters. The zero-order chi connectivity index (χ0) is 23.5. The molecule has 1 aliphatic heterocycles. The number of benzene rings is 1. The third-order valence-corrected chi connectivity index (χ3v) is 5.72. The topological polar surface area (TPSA) is 125 Å². The third-order valence-electron chi connectivity index (χ3n) is 5.36. The standard InChI is InChI=1S/C23H21N3O6S/c1-31-9-8-26-20(19(25-23(26)33)16-4-2-3-7-24-16)18-6-5-17(32-18)13-10-14(21(27)28)12-15(11-13)22(29)30/h2-7,10-12,19-20H,8-9H2,1H3,(H,25,33)(H,27,28)(H,29,30)/t19-,20+/m1/s1. The molecule has 1 aromatic carbocycles. The van der Waals surface area contributed by atoms with Crippen LogP contribution in [0.3, 0.4) is 0 Å². The fourth-order valence-corrected chi connectivity index (χ4v) is 4.16. The summed E-state index contributed by atoms with van der Waals surface area (Å²) >= 11 is 5.56. The molecule has 2 atom stereocenters. The second kappa shape index (κ2) is 9.39. The Hall–Kier alpha value is -3.76. The molecule has 1 fully saturated rings. The summed E-state index contributed by atoms with van der Waals surface area (Å²) in [6.07, 6.45) is 1.70. The number of carbonyl (C=O) groups is 2. The van der Waals surface area contributed by atoms with Crippen molar-refractivity contribution in [2.24, 2.45) is 0 Å². The number of hydrogen-bond acceptors (Lipinski definition) is 6. The van der Waals surface area contributed by atoms with Crippen LogP contribution in [0.25, 0.3) is 11.3 Å². The summed E-state index contributed by atoms with van der Waals surface area (Å²) in [6.45, 7) is 0.966. The molecule has 1 aliphatic rings. The molecule has 3 N–H and O–H groups in total. The lowest BCUT2D eigenvalue weighted by Crippen LogP contribution is -2.32. The third kappa shape index (κ3) is 4.57. The van der Waals surface area contributed by atoms with Crippen molar-refractivity contribution >= 4 is 29.3 Å². The molecule has 0 radical (unpaired) electrons. The van der Waals surface area contributed by atoms with Crippen molar-refractivity contribution in [3.05, 3.63) is 77.3 Å². The molecule has 10 heteroatoms. The van der Waals surface area contributed by atoms with Crippen LogP contribution < -0.4 is 5.32 Å². The van der Waals surface area contributed by atoms with Crippen LogP contribution in [-0.4, -0.2) is 57.4 Å². The molecule has 1 saturated heterocycles. The van der Waals surface area contributed by atoms with Crippen molar-refractivity contribution in [1.29, 1.82) is 0 Å². The lowest BCUT2D eigenvalue weighted by atomic mass is 10.0. The van der Waals surface area contributed by atoms with Gasteiger partial charge in [-0.25, -0.2) is 9.59 Å². The molecule has 0 saturated carbocycles. The van der Waals surface area contributed by atoms with Gasteiger partial charge in [0, 0.05) is 25.4 Å². The molecule has 33 heavy (non-hydrogen) atoms. The highest BCUT2D eigenvalue weighted by molar-refractivity contribution is 7.80. The van der Waals surface area contributed by atoms with E-state index in [1.54, 1.807) is 25.4 Å². The van der Waals surface area contributed by atoms with E-state index in [0.717, 1.165) is 11.8 Å². The lowest BCUT2D eigenvalue weighted by molar-refractivity contribution is 0.0696. The van der Waals surface area contributed by atoms with Crippen LogP contribution in [0.4, 0.5) is 0 Å². The van der Waals surface area contributed by atoms with Crippen LogP contribution in [0.1, 0.15) is 44.3 Å². The first-order valence-electron chi connectivity index (χ1n) is 10.1. The Kier molecular flexibility index (Phi) is 6.38. The van der Waals surface area contributed by atoms with Gasteiger partial charge >= 0.3 is 11.9 Å². The van der Waals surface area contributed by atoms with E-state index in [2.05, 4.69) is 10.3 Å². The number of nitrogens with zero attached hydrogens (tertiary/aromatic N) is 2. The summed E-state index contributed by atoms with van der Waals surface area (Å²) in [7, 11) is 1.61. The van der Waals surface area contributed by atoms with E-state index in [9.17, 15) is 19.8 Å². The monoisotopic (exact) mass is 467 g/mol. The quantitative estimate of drug-likeness (QED) is 0.425. The fraction of sp³-hybridized carbons (Fsp3) is 0.217. The highest BCUT2D eigenvalue weighted by atomic mass is 32.1. The predicted molar refractivity (Wildman–Crippen MR) is 122 cm³/mol. The van der Waals surface area contributed by atoms with E-state index in [1.807, 2.05) is 23.1 Å². The largest absolute Gasteiger partial charge is 0.478 e. The number of ether oxygens (including phenoxy) is 1. The maximum atomic E-state index is 11.5. The summed E-state index contributed by atoms with van der Waals surface area (Å²) in [5.41, 5.74) is 0.855. The number of hydrogen-bond donors (Lipinski definition) is 3. The van der Waals surface area contributed by atoms with E-state index < -0.39 is 11.9 Å². The van der Waals surface area contributed by atoms with Crippen molar-refractivity contribution < 1.29 is 29.0 Å². The Morgan fingerprint density at radius 1 is 1.15 bits per heavy atom. The number of methoxy groups -OCH3 is 1. The Morgan fingerprint density at radius 3 is 2.48 bits per heavy atom. The smallest absolute Gasteiger partial charge is 0.335 e. The summed E-state index contributed by atoms with van der Waals surface area (Å²) in [5, 5.41) is 22.6. The molecule has 9 nitrogen and oxygen atoms in total. The average molecular weight is 468 g/mol. The predicted octanol–water partition coefficient (Wildman–Crippen LogP) is 3.36. The van der Waals surface area contributed by atoms with E-state index >= 15 is 0 Å². The van der Waals surface area contributed by atoms with Gasteiger partial charge in [-0.15, -0.1) is 0 Å². The van der Waals surface area contributed by atoms with E-state index in [0.29, 0.717) is 35.3 Å².